The van der Waals surface area contributed by atoms with Gasteiger partial charge in [0.15, 0.2) is 0 Å². The summed E-state index contributed by atoms with van der Waals surface area (Å²) in [6.07, 6.45) is 3.87. The fourth-order valence-electron chi connectivity index (χ4n) is 10.3. The topological polar surface area (TPSA) is 173 Å². The molecule has 3 fully saturated rings. The lowest BCUT2D eigenvalue weighted by Gasteiger charge is -2.47. The molecule has 1 amide bonds. The number of nitrogens with zero attached hydrogens (tertiary/aromatic N) is 1. The van der Waals surface area contributed by atoms with Crippen molar-refractivity contribution in [3.63, 3.8) is 0 Å². The van der Waals surface area contributed by atoms with Gasteiger partial charge >= 0.3 is 5.97 Å². The van der Waals surface area contributed by atoms with E-state index in [9.17, 15) is 24.3 Å². The molecule has 14 heteroatoms. The van der Waals surface area contributed by atoms with Gasteiger partial charge in [0, 0.05) is 45.1 Å². The Kier molecular flexibility index (Phi) is 19.9. The zero-order chi connectivity index (χ0) is 47.4. The molecule has 1 aromatic carbocycles. The van der Waals surface area contributed by atoms with Crippen molar-refractivity contribution in [3.05, 3.63) is 59.2 Å². The number of aliphatic hydroxyl groups is 1. The van der Waals surface area contributed by atoms with Crippen LogP contribution in [0, 0.1) is 29.6 Å². The Hall–Kier alpha value is -3.37. The van der Waals surface area contributed by atoms with Crippen LogP contribution in [0.15, 0.2) is 53.6 Å². The second-order valence-electron chi connectivity index (χ2n) is 19.3. The number of cyclic esters (lactones) is 1. The number of ether oxygens (including phenoxy) is 6. The fourth-order valence-corrected chi connectivity index (χ4v) is 10.3. The van der Waals surface area contributed by atoms with Crippen LogP contribution in [0.5, 0.6) is 0 Å². The number of rotatable bonds is 11. The number of alkyl halides is 1. The summed E-state index contributed by atoms with van der Waals surface area (Å²) in [6.45, 7) is 12.2. The van der Waals surface area contributed by atoms with Crippen molar-refractivity contribution < 1.29 is 57.1 Å². The molecule has 1 saturated carbocycles. The van der Waals surface area contributed by atoms with E-state index in [1.165, 1.54) is 19.1 Å². The van der Waals surface area contributed by atoms with E-state index in [0.29, 0.717) is 57.5 Å². The summed E-state index contributed by atoms with van der Waals surface area (Å²) in [5.74, 6) is -7.77. The van der Waals surface area contributed by atoms with E-state index in [0.717, 1.165) is 24.0 Å². The fraction of sp³-hybridized carbons (Fsp3) is 0.725. The second-order valence-corrected chi connectivity index (χ2v) is 19.3. The van der Waals surface area contributed by atoms with Gasteiger partial charge in [-0.2, -0.15) is 0 Å². The molecule has 3 N–H and O–H groups in total. The van der Waals surface area contributed by atoms with Gasteiger partial charge in [-0.15, -0.1) is 0 Å². The van der Waals surface area contributed by atoms with Gasteiger partial charge in [-0.05, 0) is 113 Å². The molecular formula is C51H77FN2O11. The number of hydrogen-bond acceptors (Lipinski definition) is 12. The molecule has 5 rings (SSSR count). The van der Waals surface area contributed by atoms with Crippen LogP contribution in [0.3, 0.4) is 0 Å². The number of methoxy groups -OCH3 is 2. The first-order chi connectivity index (χ1) is 31.0. The molecular weight excluding hydrogens is 836 g/mol. The Morgan fingerprint density at radius 3 is 2.34 bits per heavy atom. The molecule has 2 saturated heterocycles. The largest absolute Gasteiger partial charge is 0.456 e. The third-order valence-electron chi connectivity index (χ3n) is 14.4. The van der Waals surface area contributed by atoms with Crippen LogP contribution >= 0.6 is 0 Å². The molecule has 3 heterocycles. The number of nitrogens with two attached hydrogens (primary N) is 1. The summed E-state index contributed by atoms with van der Waals surface area (Å²) in [4.78, 5) is 58.2. The molecule has 0 radical (unpaired) electrons. The normalized spacial score (nSPS) is 36.6. The van der Waals surface area contributed by atoms with Crippen LogP contribution in [0.25, 0.3) is 0 Å². The summed E-state index contributed by atoms with van der Waals surface area (Å²) in [5.41, 5.74) is 8.86. The van der Waals surface area contributed by atoms with Crippen LogP contribution in [0.2, 0.25) is 0 Å². The van der Waals surface area contributed by atoms with Crippen LogP contribution < -0.4 is 5.73 Å². The SMILES string of the molecule is CCC1C=C(C)C(F)C(C)CC(OC)C2OC(O)(C(=O)C(=O)N3CCCCC3C(=O)OC(C(C)=CC3CCC(N)C(OCCOCc4ccccc4)C3)C(C)CCC1=O)C(C)CC2OC. The number of piperidine rings is 1. The monoisotopic (exact) mass is 913 g/mol. The van der Waals surface area contributed by atoms with E-state index >= 15 is 4.39 Å². The molecule has 2 bridgehead atoms. The van der Waals surface area contributed by atoms with E-state index in [-0.39, 0.29) is 62.0 Å². The van der Waals surface area contributed by atoms with E-state index < -0.39 is 77.8 Å². The quantitative estimate of drug-likeness (QED) is 0.101. The standard InChI is InChI=1S/C51H77FN2O11/c1-9-38-26-32(3)45(52)33(4)27-43(60-7)47-44(61-8)28-35(6)51(59,65-47)48(56)49(57)54-22-14-13-17-40(54)50(58)64-46(31(2)18-21-41(38)55)34(5)25-37-19-20-39(53)42(29-37)63-24-23-62-30-36-15-11-10-12-16-36/h10-12,15-16,25-26,31,33,35,37-40,42-47,59H,9,13-14,17-24,27-30,53H2,1-8H3. The van der Waals surface area contributed by atoms with Crippen LogP contribution in [-0.4, -0.2) is 122 Å². The predicted octanol–water partition coefficient (Wildman–Crippen LogP) is 7.00. The number of carbonyl (C=O) groups excluding carboxylic acids is 4. The van der Waals surface area contributed by atoms with Crippen LogP contribution in [-0.2, 0) is 54.2 Å². The molecule has 0 aromatic heterocycles. The van der Waals surface area contributed by atoms with Crippen molar-refractivity contribution in [1.29, 1.82) is 0 Å². The summed E-state index contributed by atoms with van der Waals surface area (Å²) in [7, 11) is 2.93. The van der Waals surface area contributed by atoms with Gasteiger partial charge in [-0.25, -0.2) is 9.18 Å². The van der Waals surface area contributed by atoms with Gasteiger partial charge in [0.05, 0.1) is 38.1 Å². The van der Waals surface area contributed by atoms with Crippen molar-refractivity contribution in [3.8, 4) is 0 Å². The van der Waals surface area contributed by atoms with E-state index in [4.69, 9.17) is 34.2 Å². The van der Waals surface area contributed by atoms with Crippen LogP contribution in [0.1, 0.15) is 118 Å². The number of hydrogen-bond donors (Lipinski definition) is 2. The molecule has 65 heavy (non-hydrogen) atoms. The number of esters is 1. The highest BCUT2D eigenvalue weighted by Crippen LogP contribution is 2.39. The van der Waals surface area contributed by atoms with Gasteiger partial charge in [0.1, 0.15) is 30.2 Å². The summed E-state index contributed by atoms with van der Waals surface area (Å²) in [5, 5.41) is 12.1. The second kappa shape index (κ2) is 24.6. The highest BCUT2D eigenvalue weighted by Gasteiger charge is 2.56. The molecule has 364 valence electrons. The summed E-state index contributed by atoms with van der Waals surface area (Å²) >= 11 is 0. The van der Waals surface area contributed by atoms with Crippen molar-refractivity contribution in [2.45, 2.75) is 173 Å². The molecule has 1 aliphatic carbocycles. The molecule has 13 nitrogen and oxygen atoms in total. The third kappa shape index (κ3) is 13.4. The number of carbonyl (C=O) groups is 4. The minimum absolute atomic E-state index is 0.0329. The summed E-state index contributed by atoms with van der Waals surface area (Å²) in [6, 6.07) is 8.71. The van der Waals surface area contributed by atoms with Crippen molar-refractivity contribution >= 4 is 23.4 Å². The van der Waals surface area contributed by atoms with Gasteiger partial charge in [-0.1, -0.05) is 70.2 Å². The molecule has 4 aliphatic rings. The average Bonchev–Trinajstić information content (AvgIpc) is 3.31. The zero-order valence-corrected chi connectivity index (χ0v) is 40.1. The lowest BCUT2D eigenvalue weighted by molar-refractivity contribution is -0.302. The highest BCUT2D eigenvalue weighted by molar-refractivity contribution is 6.39. The Morgan fingerprint density at radius 2 is 1.65 bits per heavy atom. The maximum atomic E-state index is 16.3. The van der Waals surface area contributed by atoms with Gasteiger partial charge in [0.25, 0.3) is 11.7 Å². The minimum Gasteiger partial charge on any atom is -0.456 e. The van der Waals surface area contributed by atoms with E-state index in [1.807, 2.05) is 51.1 Å². The number of halogens is 1. The van der Waals surface area contributed by atoms with Crippen molar-refractivity contribution in [1.82, 2.24) is 4.90 Å². The van der Waals surface area contributed by atoms with Gasteiger partial charge in [-0.3, -0.25) is 14.4 Å². The Labute approximate surface area is 386 Å². The van der Waals surface area contributed by atoms with Gasteiger partial charge < -0.3 is 44.2 Å². The highest BCUT2D eigenvalue weighted by atomic mass is 19.1. The number of fused-ring (bicyclic) bond motifs is 3. The maximum absolute atomic E-state index is 16.3. The molecule has 14 unspecified atom stereocenters. The molecule has 3 aliphatic heterocycles. The Bertz CT molecular complexity index is 1790. The lowest BCUT2D eigenvalue weighted by Crippen LogP contribution is -2.64. The molecule has 1 aromatic rings. The molecule has 0 spiro atoms. The maximum Gasteiger partial charge on any atom is 0.329 e. The first-order valence-electron chi connectivity index (χ1n) is 24.1. The lowest BCUT2D eigenvalue weighted by atomic mass is 9.81. The van der Waals surface area contributed by atoms with Crippen molar-refractivity contribution in [2.75, 3.05) is 34.0 Å². The zero-order valence-electron chi connectivity index (χ0n) is 40.1. The molecule has 14 atom stereocenters. The predicted molar refractivity (Wildman–Crippen MR) is 244 cm³/mol. The summed E-state index contributed by atoms with van der Waals surface area (Å²) < 4.78 is 52.6. The first kappa shape index (κ1) is 52.6. The van der Waals surface area contributed by atoms with Crippen molar-refractivity contribution in [2.24, 2.45) is 35.3 Å². The van der Waals surface area contributed by atoms with Gasteiger partial charge in [0.2, 0.25) is 5.79 Å². The number of Topliss-reactive ketones (excluding diaryl/α,β-unsaturated/α-hetero) is 2. The van der Waals surface area contributed by atoms with E-state index in [2.05, 4.69) is 6.08 Å². The van der Waals surface area contributed by atoms with Crippen LogP contribution in [0.4, 0.5) is 4.39 Å². The third-order valence-corrected chi connectivity index (χ3v) is 14.4. The number of allylic oxidation sites excluding steroid dienone is 3. The van der Waals surface area contributed by atoms with E-state index in [1.54, 1.807) is 26.8 Å². The number of benzene rings is 1. The number of amides is 1. The minimum atomic E-state index is -2.57. The Balaban J connectivity index is 1.42. The first-order valence-corrected chi connectivity index (χ1v) is 24.1. The number of ketones is 2. The smallest absolute Gasteiger partial charge is 0.329 e. The Morgan fingerprint density at radius 1 is 0.938 bits per heavy atom. The average molecular weight is 913 g/mol.